The van der Waals surface area contributed by atoms with E-state index >= 15 is 0 Å². The molecule has 2 aromatic rings. The third kappa shape index (κ3) is 3.24. The molecule has 1 fully saturated rings. The van der Waals surface area contributed by atoms with Crippen molar-refractivity contribution >= 4 is 28.6 Å². The minimum absolute atomic E-state index is 0.0159. The van der Waals surface area contributed by atoms with Gasteiger partial charge in [-0.15, -0.1) is 11.8 Å². The summed E-state index contributed by atoms with van der Waals surface area (Å²) in [6.45, 7) is 2.90. The smallest absolute Gasteiger partial charge is 0.318 e. The van der Waals surface area contributed by atoms with Gasteiger partial charge >= 0.3 is 5.97 Å². The van der Waals surface area contributed by atoms with Crippen molar-refractivity contribution in [1.82, 2.24) is 10.3 Å². The van der Waals surface area contributed by atoms with Crippen molar-refractivity contribution in [1.29, 1.82) is 0 Å². The van der Waals surface area contributed by atoms with Gasteiger partial charge in [-0.05, 0) is 36.4 Å². The Labute approximate surface area is 128 Å². The molecule has 0 radical (unpaired) electrons. The van der Waals surface area contributed by atoms with Crippen molar-refractivity contribution in [3.63, 3.8) is 0 Å². The molecule has 2 N–H and O–H groups in total. The van der Waals surface area contributed by atoms with Gasteiger partial charge in [0.25, 0.3) is 0 Å². The number of methoxy groups -OCH3 is 1. The minimum Gasteiger partial charge on any atom is -0.468 e. The number of carbonyl (C=O) groups is 1. The molecule has 1 aliphatic heterocycles. The highest BCUT2D eigenvalue weighted by molar-refractivity contribution is 8.00. The van der Waals surface area contributed by atoms with E-state index < -0.39 is 0 Å². The van der Waals surface area contributed by atoms with Crippen molar-refractivity contribution in [2.24, 2.45) is 0 Å². The van der Waals surface area contributed by atoms with E-state index in [1.165, 1.54) is 29.3 Å². The lowest BCUT2D eigenvalue weighted by Crippen LogP contribution is -2.30. The number of carbonyl (C=O) groups excluding carboxylic acids is 1. The number of ether oxygens (including phenoxy) is 1. The van der Waals surface area contributed by atoms with Gasteiger partial charge in [0.1, 0.15) is 5.25 Å². The number of nitrogens with one attached hydrogen (secondary N) is 2. The summed E-state index contributed by atoms with van der Waals surface area (Å²) >= 11 is 1.68. The molecule has 0 saturated carbocycles. The van der Waals surface area contributed by atoms with Gasteiger partial charge in [-0.2, -0.15) is 0 Å². The van der Waals surface area contributed by atoms with E-state index in [-0.39, 0.29) is 11.2 Å². The maximum absolute atomic E-state index is 11.5. The fraction of sp³-hybridized carbons (Fsp3) is 0.438. The van der Waals surface area contributed by atoms with Crippen LogP contribution in [0.15, 0.2) is 24.3 Å². The molecule has 0 aliphatic carbocycles. The molecular weight excluding hydrogens is 284 g/mol. The average molecular weight is 304 g/mol. The van der Waals surface area contributed by atoms with Gasteiger partial charge in [-0.1, -0.05) is 12.1 Å². The Morgan fingerprint density at radius 2 is 2.33 bits per heavy atom. The number of aryl methyl sites for hydroxylation is 1. The molecule has 2 heterocycles. The molecule has 3 rings (SSSR count). The number of rotatable bonds is 4. The fourth-order valence-electron chi connectivity index (χ4n) is 2.72. The zero-order valence-electron chi connectivity index (χ0n) is 12.3. The van der Waals surface area contributed by atoms with Gasteiger partial charge in [0, 0.05) is 29.6 Å². The molecule has 21 heavy (non-hydrogen) atoms. The zero-order chi connectivity index (χ0) is 14.8. The van der Waals surface area contributed by atoms with E-state index in [9.17, 15) is 4.79 Å². The molecule has 0 spiro atoms. The molecule has 0 bridgehead atoms. The highest BCUT2D eigenvalue weighted by Crippen LogP contribution is 2.28. The summed E-state index contributed by atoms with van der Waals surface area (Å²) in [7, 11) is 1.45. The van der Waals surface area contributed by atoms with E-state index in [1.807, 2.05) is 0 Å². The summed E-state index contributed by atoms with van der Waals surface area (Å²) in [5, 5.41) is 4.75. The standard InChI is InChI=1S/C16H20N2O2S/c1-10-3-4-11-6-12(18-14(11)5-10)8-17-13-7-15(21-9-13)16(19)20-2/h3-6,13,15,17-18H,7-9H2,1-2H3/t13-,15-/m0/s1. The molecule has 1 aliphatic rings. The van der Waals surface area contributed by atoms with E-state index in [2.05, 4.69) is 41.5 Å². The molecule has 1 saturated heterocycles. The van der Waals surface area contributed by atoms with Crippen LogP contribution in [0.3, 0.4) is 0 Å². The maximum Gasteiger partial charge on any atom is 0.318 e. The second-order valence-corrected chi connectivity index (χ2v) is 6.78. The Kier molecular flexibility index (Phi) is 4.22. The molecule has 1 aromatic carbocycles. The normalized spacial score (nSPS) is 21.8. The van der Waals surface area contributed by atoms with Crippen LogP contribution in [0, 0.1) is 6.92 Å². The Morgan fingerprint density at radius 1 is 1.48 bits per heavy atom. The van der Waals surface area contributed by atoms with Crippen LogP contribution in [0.25, 0.3) is 10.9 Å². The largest absolute Gasteiger partial charge is 0.468 e. The first-order valence-electron chi connectivity index (χ1n) is 7.17. The quantitative estimate of drug-likeness (QED) is 0.853. The average Bonchev–Trinajstić information content (AvgIpc) is 3.10. The first kappa shape index (κ1) is 14.5. The lowest BCUT2D eigenvalue weighted by atomic mass is 10.2. The minimum atomic E-state index is -0.106. The summed E-state index contributed by atoms with van der Waals surface area (Å²) in [5.74, 6) is 0.851. The van der Waals surface area contributed by atoms with E-state index in [0.717, 1.165) is 18.7 Å². The molecule has 5 heteroatoms. The van der Waals surface area contributed by atoms with Crippen LogP contribution in [-0.4, -0.2) is 35.1 Å². The van der Waals surface area contributed by atoms with Gasteiger partial charge in [0.05, 0.1) is 7.11 Å². The lowest BCUT2D eigenvalue weighted by Gasteiger charge is -2.10. The van der Waals surface area contributed by atoms with Gasteiger partial charge in [-0.3, -0.25) is 4.79 Å². The fourth-order valence-corrected chi connectivity index (χ4v) is 4.03. The van der Waals surface area contributed by atoms with Crippen LogP contribution in [0.5, 0.6) is 0 Å². The second kappa shape index (κ2) is 6.12. The molecule has 0 unspecified atom stereocenters. The number of aromatic amines is 1. The first-order valence-corrected chi connectivity index (χ1v) is 8.21. The Bertz CT molecular complexity index is 653. The van der Waals surface area contributed by atoms with E-state index in [1.54, 1.807) is 11.8 Å². The third-order valence-electron chi connectivity index (χ3n) is 3.88. The number of hydrogen-bond donors (Lipinski definition) is 2. The number of esters is 1. The van der Waals surface area contributed by atoms with Gasteiger partial charge < -0.3 is 15.0 Å². The van der Waals surface area contributed by atoms with Crippen LogP contribution in [-0.2, 0) is 16.1 Å². The summed E-state index contributed by atoms with van der Waals surface area (Å²) < 4.78 is 4.80. The monoisotopic (exact) mass is 304 g/mol. The van der Waals surface area contributed by atoms with E-state index in [4.69, 9.17) is 4.74 Å². The maximum atomic E-state index is 11.5. The zero-order valence-corrected chi connectivity index (χ0v) is 13.1. The Balaban J connectivity index is 1.58. The topological polar surface area (TPSA) is 54.1 Å². The summed E-state index contributed by atoms with van der Waals surface area (Å²) in [6, 6.07) is 8.98. The number of hydrogen-bond acceptors (Lipinski definition) is 4. The molecule has 1 aromatic heterocycles. The molecule has 2 atom stereocenters. The van der Waals surface area contributed by atoms with Gasteiger partial charge in [-0.25, -0.2) is 0 Å². The first-order chi connectivity index (χ1) is 10.2. The third-order valence-corrected chi connectivity index (χ3v) is 5.26. The summed E-state index contributed by atoms with van der Waals surface area (Å²) in [5.41, 5.74) is 3.62. The number of fused-ring (bicyclic) bond motifs is 1. The van der Waals surface area contributed by atoms with Crippen molar-refractivity contribution < 1.29 is 9.53 Å². The van der Waals surface area contributed by atoms with Crippen LogP contribution in [0.2, 0.25) is 0 Å². The Morgan fingerprint density at radius 3 is 3.14 bits per heavy atom. The van der Waals surface area contributed by atoms with Crippen molar-refractivity contribution in [3.05, 3.63) is 35.5 Å². The molecule has 0 amide bonds. The highest BCUT2D eigenvalue weighted by Gasteiger charge is 2.30. The van der Waals surface area contributed by atoms with Crippen LogP contribution < -0.4 is 5.32 Å². The lowest BCUT2D eigenvalue weighted by molar-refractivity contribution is -0.140. The predicted octanol–water partition coefficient (Wildman–Crippen LogP) is 2.61. The van der Waals surface area contributed by atoms with Crippen LogP contribution in [0.4, 0.5) is 0 Å². The molecule has 4 nitrogen and oxygen atoms in total. The number of thioether (sulfide) groups is 1. The predicted molar refractivity (Wildman–Crippen MR) is 86.5 cm³/mol. The molecule has 112 valence electrons. The van der Waals surface area contributed by atoms with Gasteiger partial charge in [0.15, 0.2) is 0 Å². The van der Waals surface area contributed by atoms with Crippen LogP contribution >= 0.6 is 11.8 Å². The highest BCUT2D eigenvalue weighted by atomic mass is 32.2. The second-order valence-electron chi connectivity index (χ2n) is 5.54. The number of H-pyrrole nitrogens is 1. The van der Waals surface area contributed by atoms with Crippen LogP contribution in [0.1, 0.15) is 17.7 Å². The summed E-state index contributed by atoms with van der Waals surface area (Å²) in [4.78, 5) is 15.0. The van der Waals surface area contributed by atoms with E-state index in [0.29, 0.717) is 6.04 Å². The van der Waals surface area contributed by atoms with Gasteiger partial charge in [0.2, 0.25) is 0 Å². The van der Waals surface area contributed by atoms with Crippen molar-refractivity contribution in [3.8, 4) is 0 Å². The van der Waals surface area contributed by atoms with Crippen molar-refractivity contribution in [2.45, 2.75) is 31.2 Å². The van der Waals surface area contributed by atoms with Crippen molar-refractivity contribution in [2.75, 3.05) is 12.9 Å². The Hall–Kier alpha value is -1.46. The number of benzene rings is 1. The number of aromatic nitrogens is 1. The molecular formula is C16H20N2O2S. The SMILES string of the molecule is COC(=O)[C@@H]1C[C@H](NCc2cc3ccc(C)cc3[nH]2)CS1. The summed E-state index contributed by atoms with van der Waals surface area (Å²) in [6.07, 6.45) is 0.844.